The fraction of sp³-hybridized carbons (Fsp3) is 0.375. The van der Waals surface area contributed by atoms with E-state index in [-0.39, 0.29) is 0 Å². The van der Waals surface area contributed by atoms with Gasteiger partial charge in [0, 0.05) is 24.8 Å². The quantitative estimate of drug-likeness (QED) is 0.875. The first-order valence-electron chi connectivity index (χ1n) is 7.09. The van der Waals surface area contributed by atoms with Crippen LogP contribution in [0.15, 0.2) is 42.5 Å². The molecule has 0 bridgehead atoms. The van der Waals surface area contributed by atoms with Crippen LogP contribution in [0.25, 0.3) is 0 Å². The molecule has 0 aliphatic carbocycles. The summed E-state index contributed by atoms with van der Waals surface area (Å²) in [6, 6.07) is 14.8. The standard InChI is InChI=1S/C16H22N4/c1-4-20(15-8-6-5-7-9-15)16-11-10-14(18-19-16)12-17-13(2)3/h5-11,13,17H,4,12H2,1-3H3. The van der Waals surface area contributed by atoms with Crippen LogP contribution < -0.4 is 10.2 Å². The van der Waals surface area contributed by atoms with E-state index in [4.69, 9.17) is 0 Å². The van der Waals surface area contributed by atoms with Crippen molar-refractivity contribution in [3.05, 3.63) is 48.2 Å². The number of nitrogens with zero attached hydrogens (tertiary/aromatic N) is 3. The highest BCUT2D eigenvalue weighted by molar-refractivity contribution is 5.59. The Bertz CT molecular complexity index is 508. The van der Waals surface area contributed by atoms with Gasteiger partial charge in [-0.05, 0) is 31.2 Å². The van der Waals surface area contributed by atoms with Crippen LogP contribution in [0.2, 0.25) is 0 Å². The maximum Gasteiger partial charge on any atom is 0.155 e. The summed E-state index contributed by atoms with van der Waals surface area (Å²) in [4.78, 5) is 2.15. The molecular formula is C16H22N4. The van der Waals surface area contributed by atoms with Crippen molar-refractivity contribution in [1.29, 1.82) is 0 Å². The smallest absolute Gasteiger partial charge is 0.155 e. The average Bonchev–Trinajstić information content (AvgIpc) is 2.48. The molecule has 4 heteroatoms. The molecule has 1 aromatic heterocycles. The Morgan fingerprint density at radius 2 is 1.80 bits per heavy atom. The summed E-state index contributed by atoms with van der Waals surface area (Å²) in [6.45, 7) is 7.97. The van der Waals surface area contributed by atoms with Gasteiger partial charge in [-0.3, -0.25) is 0 Å². The number of hydrogen-bond donors (Lipinski definition) is 1. The number of benzene rings is 1. The largest absolute Gasteiger partial charge is 0.325 e. The molecule has 0 radical (unpaired) electrons. The third-order valence-electron chi connectivity index (χ3n) is 3.06. The van der Waals surface area contributed by atoms with Gasteiger partial charge in [0.05, 0.1) is 5.69 Å². The molecule has 106 valence electrons. The predicted octanol–water partition coefficient (Wildman–Crippen LogP) is 3.13. The van der Waals surface area contributed by atoms with Crippen molar-refractivity contribution >= 4 is 11.5 Å². The predicted molar refractivity (Wildman–Crippen MR) is 83.1 cm³/mol. The maximum absolute atomic E-state index is 4.34. The van der Waals surface area contributed by atoms with Gasteiger partial charge in [0.15, 0.2) is 5.82 Å². The molecule has 0 saturated carbocycles. The Balaban J connectivity index is 2.11. The van der Waals surface area contributed by atoms with E-state index in [9.17, 15) is 0 Å². The van der Waals surface area contributed by atoms with Gasteiger partial charge in [-0.25, -0.2) is 0 Å². The topological polar surface area (TPSA) is 41.0 Å². The third kappa shape index (κ3) is 3.78. The molecule has 0 unspecified atom stereocenters. The molecule has 1 aromatic carbocycles. The Labute approximate surface area is 120 Å². The van der Waals surface area contributed by atoms with Crippen LogP contribution >= 0.6 is 0 Å². The zero-order chi connectivity index (χ0) is 14.4. The van der Waals surface area contributed by atoms with Crippen molar-refractivity contribution in [2.75, 3.05) is 11.4 Å². The Kier molecular flexibility index (Phi) is 5.07. The van der Waals surface area contributed by atoms with Gasteiger partial charge in [0.1, 0.15) is 0 Å². The van der Waals surface area contributed by atoms with Crippen LogP contribution in [-0.2, 0) is 6.54 Å². The highest BCUT2D eigenvalue weighted by Crippen LogP contribution is 2.21. The Morgan fingerprint density at radius 1 is 1.05 bits per heavy atom. The minimum Gasteiger partial charge on any atom is -0.325 e. The Hall–Kier alpha value is -1.94. The van der Waals surface area contributed by atoms with Gasteiger partial charge in [-0.15, -0.1) is 5.10 Å². The lowest BCUT2D eigenvalue weighted by Crippen LogP contribution is -2.23. The minimum atomic E-state index is 0.452. The second-order valence-corrected chi connectivity index (χ2v) is 5.00. The zero-order valence-corrected chi connectivity index (χ0v) is 12.4. The average molecular weight is 270 g/mol. The van der Waals surface area contributed by atoms with E-state index in [0.29, 0.717) is 6.04 Å². The van der Waals surface area contributed by atoms with E-state index in [2.05, 4.69) is 53.3 Å². The Morgan fingerprint density at radius 3 is 2.35 bits per heavy atom. The molecular weight excluding hydrogens is 248 g/mol. The van der Waals surface area contributed by atoms with Crippen LogP contribution in [0.5, 0.6) is 0 Å². The van der Waals surface area contributed by atoms with Gasteiger partial charge in [0.25, 0.3) is 0 Å². The first kappa shape index (κ1) is 14.5. The van der Waals surface area contributed by atoms with Crippen LogP contribution in [0.4, 0.5) is 11.5 Å². The molecule has 1 heterocycles. The first-order chi connectivity index (χ1) is 9.70. The van der Waals surface area contributed by atoms with E-state index in [1.807, 2.05) is 30.3 Å². The van der Waals surface area contributed by atoms with Gasteiger partial charge >= 0.3 is 0 Å². The maximum atomic E-state index is 4.34. The molecule has 0 spiro atoms. The van der Waals surface area contributed by atoms with Crippen molar-refractivity contribution in [2.24, 2.45) is 0 Å². The zero-order valence-electron chi connectivity index (χ0n) is 12.4. The highest BCUT2D eigenvalue weighted by atomic mass is 15.3. The van der Waals surface area contributed by atoms with Gasteiger partial charge in [-0.1, -0.05) is 32.0 Å². The van der Waals surface area contributed by atoms with Crippen LogP contribution in [-0.4, -0.2) is 22.8 Å². The second kappa shape index (κ2) is 7.01. The van der Waals surface area contributed by atoms with Crippen molar-refractivity contribution in [3.8, 4) is 0 Å². The summed E-state index contributed by atoms with van der Waals surface area (Å²) in [7, 11) is 0. The van der Waals surface area contributed by atoms with Gasteiger partial charge < -0.3 is 10.2 Å². The number of rotatable bonds is 6. The SMILES string of the molecule is CCN(c1ccccc1)c1ccc(CNC(C)C)nn1. The summed E-state index contributed by atoms with van der Waals surface area (Å²) < 4.78 is 0. The first-order valence-corrected chi connectivity index (χ1v) is 7.09. The molecule has 0 atom stereocenters. The number of anilines is 2. The minimum absolute atomic E-state index is 0.452. The molecule has 4 nitrogen and oxygen atoms in total. The second-order valence-electron chi connectivity index (χ2n) is 5.00. The van der Waals surface area contributed by atoms with E-state index in [0.717, 1.165) is 30.3 Å². The van der Waals surface area contributed by atoms with Crippen LogP contribution in [0.3, 0.4) is 0 Å². The van der Waals surface area contributed by atoms with E-state index >= 15 is 0 Å². The molecule has 2 aromatic rings. The summed E-state index contributed by atoms with van der Waals surface area (Å²) in [5.41, 5.74) is 2.10. The third-order valence-corrected chi connectivity index (χ3v) is 3.06. The number of aromatic nitrogens is 2. The molecule has 0 amide bonds. The van der Waals surface area contributed by atoms with Gasteiger partial charge in [-0.2, -0.15) is 5.10 Å². The van der Waals surface area contributed by atoms with Crippen molar-refractivity contribution in [1.82, 2.24) is 15.5 Å². The number of nitrogens with one attached hydrogen (secondary N) is 1. The fourth-order valence-electron chi connectivity index (χ4n) is 1.98. The van der Waals surface area contributed by atoms with E-state index in [1.54, 1.807) is 0 Å². The van der Waals surface area contributed by atoms with Crippen molar-refractivity contribution in [2.45, 2.75) is 33.4 Å². The number of hydrogen-bond acceptors (Lipinski definition) is 4. The lowest BCUT2D eigenvalue weighted by Gasteiger charge is -2.21. The van der Waals surface area contributed by atoms with Crippen molar-refractivity contribution < 1.29 is 0 Å². The normalized spacial score (nSPS) is 10.8. The molecule has 20 heavy (non-hydrogen) atoms. The van der Waals surface area contributed by atoms with Crippen LogP contribution in [0, 0.1) is 0 Å². The molecule has 0 fully saturated rings. The number of para-hydroxylation sites is 1. The summed E-state index contributed by atoms with van der Waals surface area (Å²) >= 11 is 0. The van der Waals surface area contributed by atoms with Crippen LogP contribution in [0.1, 0.15) is 26.5 Å². The molecule has 0 aliphatic rings. The van der Waals surface area contributed by atoms with E-state index in [1.165, 1.54) is 0 Å². The molecule has 1 N–H and O–H groups in total. The lowest BCUT2D eigenvalue weighted by molar-refractivity contribution is 0.577. The van der Waals surface area contributed by atoms with Crippen molar-refractivity contribution in [3.63, 3.8) is 0 Å². The monoisotopic (exact) mass is 270 g/mol. The van der Waals surface area contributed by atoms with E-state index < -0.39 is 0 Å². The molecule has 2 rings (SSSR count). The molecule has 0 saturated heterocycles. The van der Waals surface area contributed by atoms with Gasteiger partial charge in [0.2, 0.25) is 0 Å². The lowest BCUT2D eigenvalue weighted by atomic mass is 10.2. The fourth-order valence-corrected chi connectivity index (χ4v) is 1.98. The molecule has 0 aliphatic heterocycles. The summed E-state index contributed by atoms with van der Waals surface area (Å²) in [5.74, 6) is 0.881. The summed E-state index contributed by atoms with van der Waals surface area (Å²) in [6.07, 6.45) is 0. The highest BCUT2D eigenvalue weighted by Gasteiger charge is 2.08. The summed E-state index contributed by atoms with van der Waals surface area (Å²) in [5, 5.41) is 12.0.